The normalized spacial score (nSPS) is 12.1. The van der Waals surface area contributed by atoms with Gasteiger partial charge in [0.25, 0.3) is 0 Å². The molecule has 1 atom stereocenters. The van der Waals surface area contributed by atoms with Crippen molar-refractivity contribution in [3.8, 4) is 5.75 Å². The lowest BCUT2D eigenvalue weighted by molar-refractivity contribution is 0.301. The third kappa shape index (κ3) is 7.00. The molecule has 2 aromatic carbocycles. The number of ether oxygens (including phenoxy) is 1. The number of nitrogens with one attached hydrogen (secondary N) is 1. The summed E-state index contributed by atoms with van der Waals surface area (Å²) in [5, 5.41) is 7.86. The first kappa shape index (κ1) is 22.6. The van der Waals surface area contributed by atoms with Gasteiger partial charge in [-0.25, -0.2) is 0 Å². The summed E-state index contributed by atoms with van der Waals surface area (Å²) in [5.41, 5.74) is 6.91. The zero-order valence-corrected chi connectivity index (χ0v) is 19.1. The molecule has 0 aliphatic heterocycles. The summed E-state index contributed by atoms with van der Waals surface area (Å²) < 4.78 is 6.01. The Labute approximate surface area is 186 Å². The molecule has 0 spiro atoms. The van der Waals surface area contributed by atoms with E-state index in [1.807, 2.05) is 0 Å². The van der Waals surface area contributed by atoms with Crippen LogP contribution in [0.4, 0.5) is 0 Å². The predicted octanol–water partition coefficient (Wildman–Crippen LogP) is 6.86. The van der Waals surface area contributed by atoms with Crippen molar-refractivity contribution in [1.82, 2.24) is 5.32 Å². The van der Waals surface area contributed by atoms with E-state index in [1.165, 1.54) is 27.8 Å². The Balaban J connectivity index is 1.49. The third-order valence-corrected chi connectivity index (χ3v) is 6.34. The van der Waals surface area contributed by atoms with E-state index in [0.29, 0.717) is 5.92 Å². The molecule has 0 saturated carbocycles. The minimum Gasteiger partial charge on any atom is -0.494 e. The maximum Gasteiger partial charge on any atom is 0.119 e. The fourth-order valence-electron chi connectivity index (χ4n) is 3.69. The maximum absolute atomic E-state index is 6.01. The molecule has 1 unspecified atom stereocenters. The molecular formula is C27H34NOS. The first-order valence-electron chi connectivity index (χ1n) is 11.0. The Kier molecular flexibility index (Phi) is 8.98. The second-order valence-corrected chi connectivity index (χ2v) is 8.82. The molecule has 1 aromatic heterocycles. The van der Waals surface area contributed by atoms with E-state index in [9.17, 15) is 0 Å². The highest BCUT2D eigenvalue weighted by Crippen LogP contribution is 2.28. The fourth-order valence-corrected chi connectivity index (χ4v) is 4.43. The molecule has 0 saturated heterocycles. The summed E-state index contributed by atoms with van der Waals surface area (Å²) in [6.45, 7) is 10.8. The molecule has 159 valence electrons. The van der Waals surface area contributed by atoms with Crippen molar-refractivity contribution in [3.05, 3.63) is 94.0 Å². The Morgan fingerprint density at radius 1 is 1.00 bits per heavy atom. The second-order valence-electron chi connectivity index (χ2n) is 8.04. The van der Waals surface area contributed by atoms with Crippen LogP contribution in [0, 0.1) is 20.8 Å². The molecule has 0 amide bonds. The molecule has 1 N–H and O–H groups in total. The van der Waals surface area contributed by atoms with Gasteiger partial charge in [0.2, 0.25) is 0 Å². The second kappa shape index (κ2) is 11.9. The molecule has 1 radical (unpaired) electrons. The Morgan fingerprint density at radius 3 is 2.50 bits per heavy atom. The highest BCUT2D eigenvalue weighted by atomic mass is 32.1. The van der Waals surface area contributed by atoms with Gasteiger partial charge in [-0.05, 0) is 109 Å². The monoisotopic (exact) mass is 420 g/mol. The largest absolute Gasteiger partial charge is 0.494 e. The summed E-state index contributed by atoms with van der Waals surface area (Å²) in [4.78, 5) is 0. The molecular weight excluding hydrogens is 386 g/mol. The fraction of sp³-hybridized carbons (Fsp3) is 0.370. The number of hydrogen-bond acceptors (Lipinski definition) is 3. The van der Waals surface area contributed by atoms with Crippen LogP contribution < -0.4 is 10.1 Å². The van der Waals surface area contributed by atoms with Crippen LogP contribution in [-0.4, -0.2) is 13.2 Å². The van der Waals surface area contributed by atoms with E-state index < -0.39 is 0 Å². The summed E-state index contributed by atoms with van der Waals surface area (Å²) in [6, 6.07) is 17.6. The van der Waals surface area contributed by atoms with Crippen LogP contribution in [0.1, 0.15) is 53.0 Å². The molecule has 3 aromatic rings. The first-order valence-corrected chi connectivity index (χ1v) is 11.9. The minimum atomic E-state index is 0.545. The highest BCUT2D eigenvalue weighted by molar-refractivity contribution is 7.07. The molecule has 2 nitrogen and oxygen atoms in total. The Hall–Kier alpha value is -2.10. The third-order valence-electron chi connectivity index (χ3n) is 5.64. The average Bonchev–Trinajstić information content (AvgIpc) is 3.29. The van der Waals surface area contributed by atoms with Gasteiger partial charge in [0, 0.05) is 6.54 Å². The number of thiophene rings is 1. The molecule has 0 bridgehead atoms. The van der Waals surface area contributed by atoms with E-state index in [-0.39, 0.29) is 0 Å². The lowest BCUT2D eigenvalue weighted by Gasteiger charge is -2.17. The lowest BCUT2D eigenvalue weighted by atomic mass is 9.89. The van der Waals surface area contributed by atoms with Gasteiger partial charge in [0.15, 0.2) is 0 Å². The molecule has 3 heteroatoms. The van der Waals surface area contributed by atoms with Crippen LogP contribution in [0.5, 0.6) is 5.75 Å². The predicted molar refractivity (Wildman–Crippen MR) is 130 cm³/mol. The van der Waals surface area contributed by atoms with Crippen LogP contribution in [0.25, 0.3) is 0 Å². The molecule has 0 aliphatic rings. The SMILES string of the molecule is [CH2]CCNCc1ccc(OCCCC(Cc2ccc(C)c(C)c2)c2ccsc2)cc1. The number of rotatable bonds is 12. The van der Waals surface area contributed by atoms with E-state index in [0.717, 1.165) is 51.1 Å². The zero-order chi connectivity index (χ0) is 21.2. The van der Waals surface area contributed by atoms with Gasteiger partial charge < -0.3 is 10.1 Å². The lowest BCUT2D eigenvalue weighted by Crippen LogP contribution is -2.13. The van der Waals surface area contributed by atoms with Crippen LogP contribution in [0.2, 0.25) is 0 Å². The van der Waals surface area contributed by atoms with Crippen molar-refractivity contribution in [2.24, 2.45) is 0 Å². The summed E-state index contributed by atoms with van der Waals surface area (Å²) in [5.74, 6) is 1.50. The average molecular weight is 421 g/mol. The molecule has 1 heterocycles. The standard InChI is InChI=1S/C27H34NOS/c1-4-14-28-19-23-9-11-27(12-10-23)29-15-5-6-25(26-13-16-30-20-26)18-24-8-7-21(2)22(3)17-24/h7-13,16-17,20,25,28H,1,4-6,14-15,18-19H2,2-3H3. The van der Waals surface area contributed by atoms with Crippen molar-refractivity contribution in [1.29, 1.82) is 0 Å². The molecule has 30 heavy (non-hydrogen) atoms. The van der Waals surface area contributed by atoms with Gasteiger partial charge in [-0.15, -0.1) is 0 Å². The number of aryl methyl sites for hydroxylation is 2. The van der Waals surface area contributed by atoms with Crippen LogP contribution in [0.15, 0.2) is 59.3 Å². The van der Waals surface area contributed by atoms with E-state index >= 15 is 0 Å². The summed E-state index contributed by atoms with van der Waals surface area (Å²) >= 11 is 1.79. The minimum absolute atomic E-state index is 0.545. The van der Waals surface area contributed by atoms with Crippen molar-refractivity contribution < 1.29 is 4.74 Å². The number of benzene rings is 2. The topological polar surface area (TPSA) is 21.3 Å². The van der Waals surface area contributed by atoms with E-state index in [1.54, 1.807) is 11.3 Å². The van der Waals surface area contributed by atoms with Crippen LogP contribution in [-0.2, 0) is 13.0 Å². The quantitative estimate of drug-likeness (QED) is 0.323. The summed E-state index contributed by atoms with van der Waals surface area (Å²) in [6.07, 6.45) is 4.19. The Bertz CT molecular complexity index is 870. The molecule has 0 aliphatic carbocycles. The molecule has 0 fully saturated rings. The smallest absolute Gasteiger partial charge is 0.119 e. The highest BCUT2D eigenvalue weighted by Gasteiger charge is 2.13. The van der Waals surface area contributed by atoms with E-state index in [2.05, 4.69) is 85.4 Å². The first-order chi connectivity index (χ1) is 14.7. The van der Waals surface area contributed by atoms with Crippen molar-refractivity contribution in [3.63, 3.8) is 0 Å². The Morgan fingerprint density at radius 2 is 1.80 bits per heavy atom. The van der Waals surface area contributed by atoms with E-state index in [4.69, 9.17) is 4.74 Å². The van der Waals surface area contributed by atoms with Gasteiger partial charge >= 0.3 is 0 Å². The van der Waals surface area contributed by atoms with Gasteiger partial charge in [0.05, 0.1) is 6.61 Å². The van der Waals surface area contributed by atoms with Gasteiger partial charge in [0.1, 0.15) is 5.75 Å². The van der Waals surface area contributed by atoms with Crippen LogP contribution in [0.3, 0.4) is 0 Å². The van der Waals surface area contributed by atoms with Crippen molar-refractivity contribution >= 4 is 11.3 Å². The molecule has 3 rings (SSSR count). The van der Waals surface area contributed by atoms with Gasteiger partial charge in [-0.3, -0.25) is 0 Å². The van der Waals surface area contributed by atoms with Crippen molar-refractivity contribution in [2.75, 3.05) is 13.2 Å². The van der Waals surface area contributed by atoms with Gasteiger partial charge in [-0.2, -0.15) is 11.3 Å². The van der Waals surface area contributed by atoms with Crippen molar-refractivity contribution in [2.45, 2.75) is 52.0 Å². The van der Waals surface area contributed by atoms with Crippen LogP contribution >= 0.6 is 11.3 Å². The zero-order valence-electron chi connectivity index (χ0n) is 18.3. The van der Waals surface area contributed by atoms with Gasteiger partial charge in [-0.1, -0.05) is 37.3 Å². The number of hydrogen-bond donors (Lipinski definition) is 1. The maximum atomic E-state index is 6.01. The summed E-state index contributed by atoms with van der Waals surface area (Å²) in [7, 11) is 0.